The molecule has 0 bridgehead atoms. The van der Waals surface area contributed by atoms with Crippen LogP contribution in [0.2, 0.25) is 0 Å². The van der Waals surface area contributed by atoms with Crippen molar-refractivity contribution in [2.24, 2.45) is 4.99 Å². The van der Waals surface area contributed by atoms with Crippen molar-refractivity contribution < 1.29 is 9.59 Å². The van der Waals surface area contributed by atoms with Crippen LogP contribution in [0.4, 0.5) is 5.69 Å². The molecule has 22 heavy (non-hydrogen) atoms. The molecule has 1 aromatic carbocycles. The van der Waals surface area contributed by atoms with Gasteiger partial charge in [-0.15, -0.1) is 0 Å². The van der Waals surface area contributed by atoms with E-state index in [4.69, 9.17) is 0 Å². The summed E-state index contributed by atoms with van der Waals surface area (Å²) < 4.78 is 0.811. The summed E-state index contributed by atoms with van der Waals surface area (Å²) in [6.45, 7) is 4.03. The lowest BCUT2D eigenvalue weighted by Gasteiger charge is -2.08. The van der Waals surface area contributed by atoms with Gasteiger partial charge in [0.2, 0.25) is 11.8 Å². The third-order valence-electron chi connectivity index (χ3n) is 3.22. The summed E-state index contributed by atoms with van der Waals surface area (Å²) in [5.74, 6) is -0.348. The van der Waals surface area contributed by atoms with E-state index >= 15 is 0 Å². The molecule has 1 saturated heterocycles. The summed E-state index contributed by atoms with van der Waals surface area (Å²) in [6.07, 6.45) is 1.03. The number of carbonyl (C=O) groups excluding carboxylic acids is 2. The minimum absolute atomic E-state index is 0.122. The lowest BCUT2D eigenvalue weighted by molar-refractivity contribution is -0.122. The SMILES string of the molecule is CC[C@@H](C)N=C1NC(=O)[C@H](CC(=O)Nc2ccccc2Br)S1. The molecule has 0 spiro atoms. The predicted molar refractivity (Wildman–Crippen MR) is 94.1 cm³/mol. The molecule has 2 N–H and O–H groups in total. The van der Waals surface area contributed by atoms with Gasteiger partial charge in [0.1, 0.15) is 5.25 Å². The van der Waals surface area contributed by atoms with Gasteiger partial charge in [0, 0.05) is 16.9 Å². The third-order valence-corrected chi connectivity index (χ3v) is 5.01. The Bertz CT molecular complexity index is 606. The first-order chi connectivity index (χ1) is 10.5. The first-order valence-electron chi connectivity index (χ1n) is 7.09. The Morgan fingerprint density at radius 1 is 1.50 bits per heavy atom. The summed E-state index contributed by atoms with van der Waals surface area (Å²) in [5, 5.41) is 5.72. The number of nitrogens with one attached hydrogen (secondary N) is 2. The quantitative estimate of drug-likeness (QED) is 0.819. The number of nitrogens with zero attached hydrogens (tertiary/aromatic N) is 1. The van der Waals surface area contributed by atoms with E-state index in [-0.39, 0.29) is 24.3 Å². The highest BCUT2D eigenvalue weighted by molar-refractivity contribution is 9.10. The average Bonchev–Trinajstić information content (AvgIpc) is 2.81. The number of benzene rings is 1. The van der Waals surface area contributed by atoms with E-state index < -0.39 is 5.25 Å². The fourth-order valence-electron chi connectivity index (χ4n) is 1.82. The van der Waals surface area contributed by atoms with Gasteiger partial charge in [-0.2, -0.15) is 0 Å². The lowest BCUT2D eigenvalue weighted by atomic mass is 10.2. The van der Waals surface area contributed by atoms with Gasteiger partial charge in [0.15, 0.2) is 5.17 Å². The van der Waals surface area contributed by atoms with Crippen LogP contribution in [0.25, 0.3) is 0 Å². The minimum Gasteiger partial charge on any atom is -0.325 e. The zero-order valence-electron chi connectivity index (χ0n) is 12.4. The number of carbonyl (C=O) groups is 2. The Balaban J connectivity index is 1.94. The number of hydrogen-bond acceptors (Lipinski definition) is 4. The van der Waals surface area contributed by atoms with Crippen LogP contribution in [0.15, 0.2) is 33.7 Å². The number of halogens is 1. The number of aliphatic imine (C=N–C) groups is 1. The van der Waals surface area contributed by atoms with Crippen molar-refractivity contribution in [3.63, 3.8) is 0 Å². The third kappa shape index (κ3) is 4.58. The highest BCUT2D eigenvalue weighted by Gasteiger charge is 2.32. The highest BCUT2D eigenvalue weighted by Crippen LogP contribution is 2.25. The Morgan fingerprint density at radius 2 is 2.23 bits per heavy atom. The van der Waals surface area contributed by atoms with Gasteiger partial charge >= 0.3 is 0 Å². The van der Waals surface area contributed by atoms with Gasteiger partial charge in [0.25, 0.3) is 0 Å². The monoisotopic (exact) mass is 383 g/mol. The predicted octanol–water partition coefficient (Wildman–Crippen LogP) is 3.16. The van der Waals surface area contributed by atoms with Crippen molar-refractivity contribution in [3.8, 4) is 0 Å². The molecule has 2 atom stereocenters. The van der Waals surface area contributed by atoms with Crippen LogP contribution in [0.1, 0.15) is 26.7 Å². The maximum absolute atomic E-state index is 12.1. The number of rotatable bonds is 5. The van der Waals surface area contributed by atoms with Gasteiger partial charge in [-0.25, -0.2) is 0 Å². The molecule has 2 rings (SSSR count). The van der Waals surface area contributed by atoms with Crippen LogP contribution in [-0.4, -0.2) is 28.3 Å². The van der Waals surface area contributed by atoms with Crippen molar-refractivity contribution in [3.05, 3.63) is 28.7 Å². The van der Waals surface area contributed by atoms with Crippen LogP contribution in [-0.2, 0) is 9.59 Å². The summed E-state index contributed by atoms with van der Waals surface area (Å²) in [5.41, 5.74) is 0.699. The molecule has 7 heteroatoms. The molecule has 1 aromatic rings. The lowest BCUT2D eigenvalue weighted by Crippen LogP contribution is -2.28. The smallest absolute Gasteiger partial charge is 0.240 e. The summed E-state index contributed by atoms with van der Waals surface area (Å²) in [7, 11) is 0. The van der Waals surface area contributed by atoms with E-state index in [2.05, 4.69) is 31.6 Å². The second-order valence-electron chi connectivity index (χ2n) is 5.02. The number of anilines is 1. The van der Waals surface area contributed by atoms with Crippen molar-refractivity contribution in [1.29, 1.82) is 0 Å². The van der Waals surface area contributed by atoms with Crippen LogP contribution < -0.4 is 10.6 Å². The summed E-state index contributed by atoms with van der Waals surface area (Å²) in [4.78, 5) is 28.4. The molecule has 5 nitrogen and oxygen atoms in total. The molecule has 0 unspecified atom stereocenters. The minimum atomic E-state index is -0.426. The molecule has 1 heterocycles. The van der Waals surface area contributed by atoms with E-state index in [1.807, 2.05) is 32.0 Å². The molecule has 0 saturated carbocycles. The topological polar surface area (TPSA) is 70.6 Å². The molecule has 0 radical (unpaired) electrons. The van der Waals surface area contributed by atoms with Crippen molar-refractivity contribution >= 4 is 50.4 Å². The number of hydrogen-bond donors (Lipinski definition) is 2. The number of thioether (sulfide) groups is 1. The molecule has 0 aliphatic carbocycles. The van der Waals surface area contributed by atoms with Gasteiger partial charge in [0.05, 0.1) is 5.69 Å². The standard InChI is InChI=1S/C15H18BrN3O2S/c1-3-9(2)17-15-19-14(21)12(22-15)8-13(20)18-11-7-5-4-6-10(11)16/h4-7,9,12H,3,8H2,1-2H3,(H,18,20)(H,17,19,21)/t9-,12+/m1/s1. The van der Waals surface area contributed by atoms with Crippen LogP contribution in [0.3, 0.4) is 0 Å². The van der Waals surface area contributed by atoms with Gasteiger partial charge < -0.3 is 10.6 Å². The van der Waals surface area contributed by atoms with Gasteiger partial charge in [-0.3, -0.25) is 14.6 Å². The van der Waals surface area contributed by atoms with Crippen LogP contribution in [0.5, 0.6) is 0 Å². The Hall–Kier alpha value is -1.34. The van der Waals surface area contributed by atoms with Gasteiger partial charge in [-0.05, 0) is 41.4 Å². The fourth-order valence-corrected chi connectivity index (χ4v) is 3.28. The van der Waals surface area contributed by atoms with Crippen molar-refractivity contribution in [2.45, 2.75) is 38.0 Å². The zero-order valence-corrected chi connectivity index (χ0v) is 14.8. The van der Waals surface area contributed by atoms with E-state index in [1.54, 1.807) is 6.07 Å². The number of amidine groups is 1. The van der Waals surface area contributed by atoms with Gasteiger partial charge in [-0.1, -0.05) is 30.8 Å². The normalized spacial score (nSPS) is 20.8. The molecular formula is C15H18BrN3O2S. The Morgan fingerprint density at radius 3 is 2.91 bits per heavy atom. The first kappa shape index (κ1) is 17.0. The number of amides is 2. The van der Waals surface area contributed by atoms with E-state index in [0.29, 0.717) is 10.9 Å². The second kappa shape index (κ2) is 7.78. The number of para-hydroxylation sites is 1. The molecule has 1 fully saturated rings. The fraction of sp³-hybridized carbons (Fsp3) is 0.400. The average molecular weight is 384 g/mol. The highest BCUT2D eigenvalue weighted by atomic mass is 79.9. The maximum atomic E-state index is 12.1. The zero-order chi connectivity index (χ0) is 16.1. The molecule has 0 aromatic heterocycles. The molecule has 1 aliphatic rings. The van der Waals surface area contributed by atoms with Crippen molar-refractivity contribution in [1.82, 2.24) is 5.32 Å². The molecular weight excluding hydrogens is 366 g/mol. The molecule has 1 aliphatic heterocycles. The summed E-state index contributed by atoms with van der Waals surface area (Å²) >= 11 is 4.70. The van der Waals surface area contributed by atoms with E-state index in [9.17, 15) is 9.59 Å². The largest absolute Gasteiger partial charge is 0.325 e. The maximum Gasteiger partial charge on any atom is 0.240 e. The van der Waals surface area contributed by atoms with E-state index in [0.717, 1.165) is 10.9 Å². The Labute approximate surface area is 142 Å². The Kier molecular flexibility index (Phi) is 6.02. The first-order valence-corrected chi connectivity index (χ1v) is 8.76. The molecule has 118 valence electrons. The van der Waals surface area contributed by atoms with E-state index in [1.165, 1.54) is 11.8 Å². The summed E-state index contributed by atoms with van der Waals surface area (Å²) in [6, 6.07) is 7.53. The second-order valence-corrected chi connectivity index (χ2v) is 7.07. The van der Waals surface area contributed by atoms with Crippen molar-refractivity contribution in [2.75, 3.05) is 5.32 Å². The molecule has 2 amide bonds. The van der Waals surface area contributed by atoms with Crippen LogP contribution >= 0.6 is 27.7 Å². The van der Waals surface area contributed by atoms with Crippen LogP contribution in [0, 0.1) is 0 Å².